The Morgan fingerprint density at radius 3 is 2.64 bits per heavy atom. The maximum Gasteiger partial charge on any atom is 0.251 e. The molecule has 1 aliphatic rings. The van der Waals surface area contributed by atoms with E-state index in [1.54, 1.807) is 11.3 Å². The van der Waals surface area contributed by atoms with Crippen LogP contribution in [0.1, 0.15) is 0 Å². The summed E-state index contributed by atoms with van der Waals surface area (Å²) in [7, 11) is 0. The average Bonchev–Trinajstić information content (AvgIpc) is 2.26. The number of ether oxygens (including phenoxy) is 1. The van der Waals surface area contributed by atoms with Crippen LogP contribution in [-0.2, 0) is 14.3 Å². The van der Waals surface area contributed by atoms with Gasteiger partial charge in [-0.3, -0.25) is 14.6 Å². The number of hydrogen-bond acceptors (Lipinski definition) is 5. The Hall–Kier alpha value is -0.980. The zero-order valence-corrected chi connectivity index (χ0v) is 7.94. The largest absolute Gasteiger partial charge is 0.379 e. The van der Waals surface area contributed by atoms with Gasteiger partial charge in [0.25, 0.3) is 5.91 Å². The first-order valence-corrected chi connectivity index (χ1v) is 4.47. The van der Waals surface area contributed by atoms with Gasteiger partial charge in [0.2, 0.25) is 6.29 Å². The summed E-state index contributed by atoms with van der Waals surface area (Å²) in [5.41, 5.74) is 5.23. The molecular weight excluding hydrogens is 186 g/mol. The monoisotopic (exact) mass is 200 g/mol. The highest BCUT2D eigenvalue weighted by atomic mass is 16.5. The summed E-state index contributed by atoms with van der Waals surface area (Å²) in [6.45, 7) is 2.18. The van der Waals surface area contributed by atoms with Crippen LogP contribution < -0.4 is 5.73 Å². The standard InChI is InChI=1S/C8H14N3O3/c9-7-8(13)11(1-4-12)10-2-5-14-6-3-10/h1-3,5-7,9H2. The molecule has 0 aromatic rings. The van der Waals surface area contributed by atoms with Gasteiger partial charge in [0.15, 0.2) is 0 Å². The lowest BCUT2D eigenvalue weighted by Gasteiger charge is -2.35. The molecule has 0 unspecified atom stereocenters. The topological polar surface area (TPSA) is 75.9 Å². The number of nitrogens with zero attached hydrogens (tertiary/aromatic N) is 2. The van der Waals surface area contributed by atoms with Gasteiger partial charge in [0.1, 0.15) is 6.54 Å². The van der Waals surface area contributed by atoms with Gasteiger partial charge < -0.3 is 10.5 Å². The highest BCUT2D eigenvalue weighted by molar-refractivity contribution is 5.79. The van der Waals surface area contributed by atoms with Crippen molar-refractivity contribution in [2.24, 2.45) is 5.73 Å². The molecule has 0 aromatic carbocycles. The molecule has 6 heteroatoms. The maximum atomic E-state index is 11.3. The van der Waals surface area contributed by atoms with Crippen LogP contribution in [0.4, 0.5) is 0 Å². The van der Waals surface area contributed by atoms with Gasteiger partial charge in [-0.25, -0.2) is 5.01 Å². The zero-order valence-electron chi connectivity index (χ0n) is 7.94. The lowest BCUT2D eigenvalue weighted by Crippen LogP contribution is -2.53. The third-order valence-corrected chi connectivity index (χ3v) is 2.01. The smallest absolute Gasteiger partial charge is 0.251 e. The number of rotatable bonds is 4. The van der Waals surface area contributed by atoms with E-state index < -0.39 is 0 Å². The van der Waals surface area contributed by atoms with Crippen LogP contribution in [0.25, 0.3) is 0 Å². The first-order valence-electron chi connectivity index (χ1n) is 4.47. The Morgan fingerprint density at radius 1 is 1.50 bits per heavy atom. The SMILES string of the molecule is NCC(=O)N(C[C]=O)N1CCOCC1. The van der Waals surface area contributed by atoms with Crippen LogP contribution in [-0.4, -0.2) is 61.6 Å². The molecule has 0 bridgehead atoms. The van der Waals surface area contributed by atoms with Gasteiger partial charge in [-0.05, 0) is 0 Å². The van der Waals surface area contributed by atoms with Crippen molar-refractivity contribution in [3.05, 3.63) is 0 Å². The molecule has 0 aromatic heterocycles. The third kappa shape index (κ3) is 2.76. The Kier molecular flexibility index (Phi) is 4.51. The molecule has 14 heavy (non-hydrogen) atoms. The van der Waals surface area contributed by atoms with Gasteiger partial charge in [-0.2, -0.15) is 0 Å². The molecule has 0 atom stereocenters. The number of hydrazine groups is 1. The number of amides is 1. The zero-order chi connectivity index (χ0) is 10.4. The second-order valence-electron chi connectivity index (χ2n) is 2.87. The molecule has 1 heterocycles. The second-order valence-corrected chi connectivity index (χ2v) is 2.87. The second kappa shape index (κ2) is 5.69. The number of morpholine rings is 1. The summed E-state index contributed by atoms with van der Waals surface area (Å²) < 4.78 is 5.13. The molecule has 1 rings (SSSR count). The molecule has 1 aliphatic heterocycles. The van der Waals surface area contributed by atoms with Crippen LogP contribution in [0.2, 0.25) is 0 Å². The Labute approximate surface area is 82.6 Å². The number of carbonyl (C=O) groups is 1. The highest BCUT2D eigenvalue weighted by Crippen LogP contribution is 2.02. The fourth-order valence-electron chi connectivity index (χ4n) is 1.31. The summed E-state index contributed by atoms with van der Waals surface area (Å²) in [6, 6.07) is 0. The molecule has 79 valence electrons. The van der Waals surface area contributed by atoms with E-state index >= 15 is 0 Å². The lowest BCUT2D eigenvalue weighted by atomic mass is 10.4. The summed E-state index contributed by atoms with van der Waals surface area (Å²) >= 11 is 0. The first kappa shape index (κ1) is 11.1. The fourth-order valence-corrected chi connectivity index (χ4v) is 1.31. The van der Waals surface area contributed by atoms with Crippen LogP contribution in [0.15, 0.2) is 0 Å². The van der Waals surface area contributed by atoms with Crippen LogP contribution in [0, 0.1) is 0 Å². The predicted molar refractivity (Wildman–Crippen MR) is 48.9 cm³/mol. The van der Waals surface area contributed by atoms with Crippen molar-refractivity contribution in [2.45, 2.75) is 0 Å². The third-order valence-electron chi connectivity index (χ3n) is 2.01. The van der Waals surface area contributed by atoms with E-state index in [9.17, 15) is 9.59 Å². The van der Waals surface area contributed by atoms with Gasteiger partial charge in [0, 0.05) is 13.1 Å². The van der Waals surface area contributed by atoms with Crippen molar-refractivity contribution in [3.8, 4) is 0 Å². The Bertz CT molecular complexity index is 204. The van der Waals surface area contributed by atoms with E-state index in [-0.39, 0.29) is 19.0 Å². The Balaban J connectivity index is 2.55. The van der Waals surface area contributed by atoms with Crippen molar-refractivity contribution < 1.29 is 14.3 Å². The summed E-state index contributed by atoms with van der Waals surface area (Å²) in [4.78, 5) is 21.6. The van der Waals surface area contributed by atoms with Crippen molar-refractivity contribution in [1.29, 1.82) is 0 Å². The minimum Gasteiger partial charge on any atom is -0.379 e. The summed E-state index contributed by atoms with van der Waals surface area (Å²) in [6.07, 6.45) is 1.70. The molecule has 1 radical (unpaired) electrons. The quantitative estimate of drug-likeness (QED) is 0.575. The van der Waals surface area contributed by atoms with Crippen LogP contribution >= 0.6 is 0 Å². The van der Waals surface area contributed by atoms with E-state index in [0.717, 1.165) is 0 Å². The maximum absolute atomic E-state index is 11.3. The van der Waals surface area contributed by atoms with Gasteiger partial charge in [-0.1, -0.05) is 0 Å². The van der Waals surface area contributed by atoms with Gasteiger partial charge >= 0.3 is 0 Å². The van der Waals surface area contributed by atoms with E-state index in [1.807, 2.05) is 0 Å². The van der Waals surface area contributed by atoms with Crippen molar-refractivity contribution >= 4 is 12.2 Å². The predicted octanol–water partition coefficient (Wildman–Crippen LogP) is -1.87. The molecule has 6 nitrogen and oxygen atoms in total. The molecule has 1 fully saturated rings. The molecule has 1 saturated heterocycles. The van der Waals surface area contributed by atoms with E-state index in [4.69, 9.17) is 10.5 Å². The Morgan fingerprint density at radius 2 is 2.14 bits per heavy atom. The van der Waals surface area contributed by atoms with E-state index in [0.29, 0.717) is 26.3 Å². The fraction of sp³-hybridized carbons (Fsp3) is 0.750. The molecule has 0 aliphatic carbocycles. The summed E-state index contributed by atoms with van der Waals surface area (Å²) in [5, 5.41) is 3.10. The van der Waals surface area contributed by atoms with E-state index in [1.165, 1.54) is 5.01 Å². The number of nitrogens with two attached hydrogens (primary N) is 1. The van der Waals surface area contributed by atoms with Crippen LogP contribution in [0.5, 0.6) is 0 Å². The van der Waals surface area contributed by atoms with Crippen molar-refractivity contribution in [1.82, 2.24) is 10.0 Å². The number of carbonyl (C=O) groups excluding carboxylic acids is 2. The minimum atomic E-state index is -0.268. The summed E-state index contributed by atoms with van der Waals surface area (Å²) in [5.74, 6) is -0.268. The van der Waals surface area contributed by atoms with Crippen LogP contribution in [0.3, 0.4) is 0 Å². The molecule has 0 saturated carbocycles. The highest BCUT2D eigenvalue weighted by Gasteiger charge is 2.21. The first-order chi connectivity index (χ1) is 6.79. The average molecular weight is 200 g/mol. The van der Waals surface area contributed by atoms with E-state index in [2.05, 4.69) is 0 Å². The van der Waals surface area contributed by atoms with Crippen molar-refractivity contribution in [2.75, 3.05) is 39.4 Å². The lowest BCUT2D eigenvalue weighted by molar-refractivity contribution is -0.152. The minimum absolute atomic E-state index is 0.0595. The van der Waals surface area contributed by atoms with Gasteiger partial charge in [0.05, 0.1) is 19.8 Å². The van der Waals surface area contributed by atoms with Gasteiger partial charge in [-0.15, -0.1) is 0 Å². The normalized spacial score (nSPS) is 17.8. The van der Waals surface area contributed by atoms with Crippen molar-refractivity contribution in [3.63, 3.8) is 0 Å². The molecule has 1 amide bonds. The molecular formula is C8H14N3O3. The number of hydrogen-bond donors (Lipinski definition) is 1. The molecule has 2 N–H and O–H groups in total. The molecule has 0 spiro atoms.